The predicted molar refractivity (Wildman–Crippen MR) is 172 cm³/mol. The van der Waals surface area contributed by atoms with Crippen molar-refractivity contribution in [2.75, 3.05) is 13.7 Å². The van der Waals surface area contributed by atoms with E-state index in [2.05, 4.69) is 21.3 Å². The maximum absolute atomic E-state index is 13.8. The lowest BCUT2D eigenvalue weighted by Gasteiger charge is -2.28. The average Bonchev–Trinajstić information content (AvgIpc) is 3.74. The molecule has 0 spiro atoms. The molecule has 4 N–H and O–H groups in total. The van der Waals surface area contributed by atoms with Crippen molar-refractivity contribution >= 4 is 23.5 Å². The summed E-state index contributed by atoms with van der Waals surface area (Å²) in [5, 5.41) is 11.9. The molecule has 0 saturated carbocycles. The second-order valence-electron chi connectivity index (χ2n) is 12.9. The van der Waals surface area contributed by atoms with Crippen LogP contribution in [0.5, 0.6) is 0 Å². The zero-order chi connectivity index (χ0) is 32.3. The number of aryl methyl sites for hydroxylation is 1. The van der Waals surface area contributed by atoms with E-state index in [1.54, 1.807) is 14.0 Å². The van der Waals surface area contributed by atoms with E-state index in [0.717, 1.165) is 11.1 Å². The van der Waals surface area contributed by atoms with Crippen LogP contribution in [0, 0.1) is 11.8 Å². The summed E-state index contributed by atoms with van der Waals surface area (Å²) in [6, 6.07) is 16.3. The van der Waals surface area contributed by atoms with Gasteiger partial charge >= 0.3 is 0 Å². The second kappa shape index (κ2) is 16.5. The lowest BCUT2D eigenvalue weighted by Crippen LogP contribution is -2.58. The van der Waals surface area contributed by atoms with Gasteiger partial charge in [0.2, 0.25) is 17.7 Å². The quantitative estimate of drug-likeness (QED) is 0.193. The maximum atomic E-state index is 13.8. The van der Waals surface area contributed by atoms with Crippen molar-refractivity contribution in [2.24, 2.45) is 11.8 Å². The number of likely N-dealkylation sites (N-methyl/N-ethyl adjacent to an activating group) is 1. The normalized spacial score (nSPS) is 18.6. The number of carbonyl (C=O) groups is 4. The Labute approximate surface area is 262 Å². The fourth-order valence-electron chi connectivity index (χ4n) is 5.26. The van der Waals surface area contributed by atoms with Crippen molar-refractivity contribution in [3.05, 3.63) is 71.8 Å². The van der Waals surface area contributed by atoms with Crippen molar-refractivity contribution < 1.29 is 23.9 Å². The first-order valence-corrected chi connectivity index (χ1v) is 15.8. The molecular weight excluding hydrogens is 556 g/mol. The van der Waals surface area contributed by atoms with E-state index in [4.69, 9.17) is 4.74 Å². The van der Waals surface area contributed by atoms with Gasteiger partial charge < -0.3 is 26.0 Å². The van der Waals surface area contributed by atoms with E-state index in [0.29, 0.717) is 32.3 Å². The van der Waals surface area contributed by atoms with Gasteiger partial charge in [0.25, 0.3) is 0 Å². The highest BCUT2D eigenvalue weighted by Crippen LogP contribution is 2.29. The van der Waals surface area contributed by atoms with Crippen LogP contribution in [0.3, 0.4) is 0 Å². The number of rotatable bonds is 18. The molecule has 2 aromatic carbocycles. The van der Waals surface area contributed by atoms with Crippen LogP contribution in [0.1, 0.15) is 65.0 Å². The summed E-state index contributed by atoms with van der Waals surface area (Å²) in [5.74, 6) is -1.06. The number of amides is 3. The molecule has 2 aromatic rings. The molecule has 0 aliphatic carbocycles. The van der Waals surface area contributed by atoms with E-state index in [1.165, 1.54) is 0 Å². The highest BCUT2D eigenvalue weighted by atomic mass is 16.6. The third-order valence-corrected chi connectivity index (χ3v) is 7.92. The Hall–Kier alpha value is -3.56. The van der Waals surface area contributed by atoms with Gasteiger partial charge in [-0.25, -0.2) is 0 Å². The minimum atomic E-state index is -0.954. The van der Waals surface area contributed by atoms with Crippen LogP contribution >= 0.6 is 0 Å². The largest absolute Gasteiger partial charge is 0.361 e. The van der Waals surface area contributed by atoms with Crippen LogP contribution in [0.4, 0.5) is 0 Å². The van der Waals surface area contributed by atoms with Crippen LogP contribution in [-0.2, 0) is 36.8 Å². The van der Waals surface area contributed by atoms with E-state index in [-0.39, 0.29) is 29.9 Å². The van der Waals surface area contributed by atoms with Crippen molar-refractivity contribution in [3.8, 4) is 0 Å². The standard InChI is InChI=1S/C35H50N4O5/c1-23(2)19-28(31(40)35(5)22-44-35)37-34(43)30(21-26-15-11-8-12-16-26)39-33(42)29(20-24(3)4)38-32(41)27(36-6)18-17-25-13-9-7-10-14-25/h7-16,23-24,27-30,36H,17-22H2,1-6H3,(H,37,43)(H,38,41)(H,39,42)/t27-,28-,29-,30-,35+/m0/s1. The molecule has 0 unspecified atom stereocenters. The zero-order valence-corrected chi connectivity index (χ0v) is 27.0. The first-order chi connectivity index (χ1) is 20.9. The number of Topliss-reactive ketones (excluding diaryl/α,β-unsaturated/α-hetero) is 1. The van der Waals surface area contributed by atoms with Crippen molar-refractivity contribution in [2.45, 2.75) is 96.5 Å². The van der Waals surface area contributed by atoms with Gasteiger partial charge in [-0.3, -0.25) is 19.2 Å². The van der Waals surface area contributed by atoms with Crippen LogP contribution in [0.15, 0.2) is 60.7 Å². The SMILES string of the molecule is CN[C@@H](CCc1ccccc1)C(=O)N[C@@H](CC(C)C)C(=O)N[C@@H](Cc1ccccc1)C(=O)N[C@@H](CC(C)C)C(=O)[C@@]1(C)CO1. The topological polar surface area (TPSA) is 129 Å². The van der Waals surface area contributed by atoms with Crippen LogP contribution in [0.25, 0.3) is 0 Å². The molecule has 1 fully saturated rings. The Morgan fingerprint density at radius 3 is 1.68 bits per heavy atom. The maximum Gasteiger partial charge on any atom is 0.243 e. The molecule has 3 rings (SSSR count). The van der Waals surface area contributed by atoms with E-state index in [1.807, 2.05) is 88.4 Å². The third kappa shape index (κ3) is 10.9. The Balaban J connectivity index is 1.76. The fourth-order valence-corrected chi connectivity index (χ4v) is 5.26. The minimum Gasteiger partial charge on any atom is -0.361 e. The summed E-state index contributed by atoms with van der Waals surface area (Å²) in [6.45, 7) is 10.0. The Bertz CT molecular complexity index is 1230. The minimum absolute atomic E-state index is 0.108. The van der Waals surface area contributed by atoms with Gasteiger partial charge in [-0.05, 0) is 62.6 Å². The number of nitrogens with one attached hydrogen (secondary N) is 4. The first kappa shape index (κ1) is 34.9. The highest BCUT2D eigenvalue weighted by Gasteiger charge is 2.50. The third-order valence-electron chi connectivity index (χ3n) is 7.92. The molecule has 0 bridgehead atoms. The fraction of sp³-hybridized carbons (Fsp3) is 0.543. The number of hydrogen-bond acceptors (Lipinski definition) is 6. The first-order valence-electron chi connectivity index (χ1n) is 15.8. The molecular formula is C35H50N4O5. The lowest BCUT2D eigenvalue weighted by molar-refractivity contribution is -0.134. The van der Waals surface area contributed by atoms with Gasteiger partial charge in [0.1, 0.15) is 17.7 Å². The van der Waals surface area contributed by atoms with Gasteiger partial charge in [-0.2, -0.15) is 0 Å². The monoisotopic (exact) mass is 606 g/mol. The Kier molecular flexibility index (Phi) is 13.1. The molecule has 5 atom stereocenters. The smallest absolute Gasteiger partial charge is 0.243 e. The summed E-state index contributed by atoms with van der Waals surface area (Å²) in [7, 11) is 1.73. The van der Waals surface area contributed by atoms with Gasteiger partial charge in [-0.15, -0.1) is 0 Å². The molecule has 1 aliphatic heterocycles. The number of ketones is 1. The van der Waals surface area contributed by atoms with Gasteiger partial charge in [0.05, 0.1) is 18.7 Å². The molecule has 44 heavy (non-hydrogen) atoms. The number of ether oxygens (including phenoxy) is 1. The van der Waals surface area contributed by atoms with Crippen molar-refractivity contribution in [1.82, 2.24) is 21.3 Å². The van der Waals surface area contributed by atoms with E-state index >= 15 is 0 Å². The van der Waals surface area contributed by atoms with Gasteiger partial charge in [0, 0.05) is 6.42 Å². The van der Waals surface area contributed by atoms with E-state index in [9.17, 15) is 19.2 Å². The number of carbonyl (C=O) groups excluding carboxylic acids is 4. The number of epoxide rings is 1. The summed E-state index contributed by atoms with van der Waals surface area (Å²) in [4.78, 5) is 54.1. The molecule has 0 aromatic heterocycles. The van der Waals surface area contributed by atoms with Crippen LogP contribution in [-0.4, -0.2) is 66.9 Å². The Morgan fingerprint density at radius 1 is 0.705 bits per heavy atom. The molecule has 9 heteroatoms. The van der Waals surface area contributed by atoms with Gasteiger partial charge in [-0.1, -0.05) is 88.4 Å². The summed E-state index contributed by atoms with van der Waals surface area (Å²) < 4.78 is 5.38. The molecule has 0 radical (unpaired) electrons. The average molecular weight is 607 g/mol. The molecule has 1 saturated heterocycles. The van der Waals surface area contributed by atoms with E-state index < -0.39 is 41.6 Å². The summed E-state index contributed by atoms with van der Waals surface area (Å²) in [6.07, 6.45) is 2.36. The molecule has 9 nitrogen and oxygen atoms in total. The second-order valence-corrected chi connectivity index (χ2v) is 12.9. The number of hydrogen-bond donors (Lipinski definition) is 4. The van der Waals surface area contributed by atoms with Gasteiger partial charge in [0.15, 0.2) is 5.78 Å². The van der Waals surface area contributed by atoms with Crippen LogP contribution in [0.2, 0.25) is 0 Å². The van der Waals surface area contributed by atoms with Crippen molar-refractivity contribution in [1.29, 1.82) is 0 Å². The molecule has 1 heterocycles. The zero-order valence-electron chi connectivity index (χ0n) is 27.0. The van der Waals surface area contributed by atoms with Crippen LogP contribution < -0.4 is 21.3 Å². The highest BCUT2D eigenvalue weighted by molar-refractivity contribution is 5.98. The number of benzene rings is 2. The lowest BCUT2D eigenvalue weighted by atomic mass is 9.93. The summed E-state index contributed by atoms with van der Waals surface area (Å²) in [5.41, 5.74) is 1.10. The molecule has 3 amide bonds. The molecule has 240 valence electrons. The van der Waals surface area contributed by atoms with Crippen molar-refractivity contribution in [3.63, 3.8) is 0 Å². The Morgan fingerprint density at radius 2 is 1.16 bits per heavy atom. The molecule has 1 aliphatic rings. The summed E-state index contributed by atoms with van der Waals surface area (Å²) >= 11 is 0. The predicted octanol–water partition coefficient (Wildman–Crippen LogP) is 3.35.